The number of benzene rings is 1. The average Bonchev–Trinajstić information content (AvgIpc) is 2.34. The van der Waals surface area contributed by atoms with Crippen LogP contribution >= 0.6 is 12.4 Å². The van der Waals surface area contributed by atoms with Gasteiger partial charge in [0.1, 0.15) is 5.82 Å². The van der Waals surface area contributed by atoms with E-state index in [1.54, 1.807) is 14.1 Å². The van der Waals surface area contributed by atoms with Crippen molar-refractivity contribution in [1.82, 2.24) is 10.2 Å². The van der Waals surface area contributed by atoms with Gasteiger partial charge in [0, 0.05) is 26.2 Å². The molecule has 7 heteroatoms. The molecule has 0 saturated carbocycles. The van der Waals surface area contributed by atoms with Crippen LogP contribution in [-0.2, 0) is 4.79 Å². The Labute approximate surface area is 117 Å². The van der Waals surface area contributed by atoms with Crippen molar-refractivity contribution in [2.24, 2.45) is 0 Å². The molecule has 0 atom stereocenters. The molecule has 0 aliphatic rings. The molecule has 108 valence electrons. The lowest BCUT2D eigenvalue weighted by atomic mass is 10.3. The maximum atomic E-state index is 13.2. The van der Waals surface area contributed by atoms with Crippen molar-refractivity contribution in [3.63, 3.8) is 0 Å². The van der Waals surface area contributed by atoms with E-state index in [1.807, 2.05) is 0 Å². The highest BCUT2D eigenvalue weighted by Gasteiger charge is 2.11. The third kappa shape index (κ3) is 5.85. The van der Waals surface area contributed by atoms with Crippen molar-refractivity contribution >= 4 is 18.3 Å². The van der Waals surface area contributed by atoms with Crippen molar-refractivity contribution in [2.75, 3.05) is 33.8 Å². The summed E-state index contributed by atoms with van der Waals surface area (Å²) in [4.78, 5) is 13.0. The molecule has 0 aliphatic heterocycles. The Morgan fingerprint density at radius 1 is 1.42 bits per heavy atom. The molecular weight excluding hydrogens is 278 g/mol. The van der Waals surface area contributed by atoms with E-state index in [0.29, 0.717) is 19.2 Å². The second kappa shape index (κ2) is 8.66. The highest BCUT2D eigenvalue weighted by molar-refractivity contribution is 5.85. The second-order valence-corrected chi connectivity index (χ2v) is 3.78. The molecule has 4 nitrogen and oxygen atoms in total. The van der Waals surface area contributed by atoms with Crippen molar-refractivity contribution in [3.05, 3.63) is 29.8 Å². The summed E-state index contributed by atoms with van der Waals surface area (Å²) in [6, 6.07) is 2.95. The van der Waals surface area contributed by atoms with Gasteiger partial charge in [-0.15, -0.1) is 12.4 Å². The third-order valence-corrected chi connectivity index (χ3v) is 2.37. The Morgan fingerprint density at radius 3 is 2.68 bits per heavy atom. The maximum absolute atomic E-state index is 13.2. The second-order valence-electron chi connectivity index (χ2n) is 3.78. The highest BCUT2D eigenvalue weighted by atomic mass is 35.5. The molecule has 0 bridgehead atoms. The first-order chi connectivity index (χ1) is 8.54. The lowest BCUT2D eigenvalue weighted by Crippen LogP contribution is -2.36. The minimum absolute atomic E-state index is 0. The first-order valence-electron chi connectivity index (χ1n) is 5.51. The molecule has 0 aliphatic carbocycles. The van der Waals surface area contributed by atoms with Crippen LogP contribution in [0.2, 0.25) is 0 Å². The number of likely N-dealkylation sites (N-methyl/N-ethyl adjacent to an activating group) is 2. The van der Waals surface area contributed by atoms with E-state index in [2.05, 4.69) is 5.32 Å². The fourth-order valence-electron chi connectivity index (χ4n) is 1.25. The first-order valence-corrected chi connectivity index (χ1v) is 5.51. The molecule has 1 N–H and O–H groups in total. The van der Waals surface area contributed by atoms with Gasteiger partial charge >= 0.3 is 0 Å². The van der Waals surface area contributed by atoms with Crippen LogP contribution in [0.4, 0.5) is 8.78 Å². The Hall–Kier alpha value is -1.40. The van der Waals surface area contributed by atoms with E-state index in [0.717, 1.165) is 12.1 Å². The standard InChI is InChI=1S/C12H16F2N2O2.ClH/c1-15-5-6-16(2)12(17)8-18-11-4-3-9(13)7-10(11)14;/h3-4,7,15H,5-6,8H2,1-2H3;1H. The summed E-state index contributed by atoms with van der Waals surface area (Å²) in [6.45, 7) is 0.917. The monoisotopic (exact) mass is 294 g/mol. The predicted molar refractivity (Wildman–Crippen MR) is 70.7 cm³/mol. The Balaban J connectivity index is 0.00000324. The smallest absolute Gasteiger partial charge is 0.260 e. The largest absolute Gasteiger partial charge is 0.481 e. The number of nitrogens with zero attached hydrogens (tertiary/aromatic N) is 1. The lowest BCUT2D eigenvalue weighted by molar-refractivity contribution is -0.132. The normalized spacial score (nSPS) is 9.68. The molecule has 0 radical (unpaired) electrons. The minimum Gasteiger partial charge on any atom is -0.481 e. The van der Waals surface area contributed by atoms with Gasteiger partial charge in [-0.3, -0.25) is 4.79 Å². The molecule has 0 saturated heterocycles. The number of carbonyl (C=O) groups excluding carboxylic acids is 1. The predicted octanol–water partition coefficient (Wildman–Crippen LogP) is 1.44. The molecule has 0 unspecified atom stereocenters. The molecule has 0 spiro atoms. The highest BCUT2D eigenvalue weighted by Crippen LogP contribution is 2.17. The van der Waals surface area contributed by atoms with Gasteiger partial charge in [-0.25, -0.2) is 8.78 Å². The van der Waals surface area contributed by atoms with Gasteiger partial charge in [-0.1, -0.05) is 0 Å². The summed E-state index contributed by atoms with van der Waals surface area (Å²) in [5.74, 6) is -1.90. The molecule has 0 fully saturated rings. The number of hydrogen-bond donors (Lipinski definition) is 1. The SMILES string of the molecule is CNCCN(C)C(=O)COc1ccc(F)cc1F.Cl. The molecule has 1 aromatic rings. The van der Waals surface area contributed by atoms with Gasteiger partial charge in [0.2, 0.25) is 0 Å². The number of rotatable bonds is 6. The molecule has 0 aromatic heterocycles. The number of amides is 1. The van der Waals surface area contributed by atoms with Crippen LogP contribution < -0.4 is 10.1 Å². The Kier molecular flexibility index (Phi) is 8.02. The summed E-state index contributed by atoms with van der Waals surface area (Å²) in [6.07, 6.45) is 0. The van der Waals surface area contributed by atoms with E-state index in [-0.39, 0.29) is 30.7 Å². The van der Waals surface area contributed by atoms with E-state index >= 15 is 0 Å². The zero-order chi connectivity index (χ0) is 13.5. The molecule has 19 heavy (non-hydrogen) atoms. The van der Waals surface area contributed by atoms with Crippen LogP contribution in [0.15, 0.2) is 18.2 Å². The Bertz CT molecular complexity index is 419. The number of hydrogen-bond acceptors (Lipinski definition) is 3. The van der Waals surface area contributed by atoms with Gasteiger partial charge in [0.05, 0.1) is 0 Å². The van der Waals surface area contributed by atoms with Crippen molar-refractivity contribution in [1.29, 1.82) is 0 Å². The molecule has 1 amide bonds. The van der Waals surface area contributed by atoms with Gasteiger partial charge < -0.3 is 15.0 Å². The summed E-state index contributed by atoms with van der Waals surface area (Å²) < 4.78 is 30.8. The van der Waals surface area contributed by atoms with E-state index in [9.17, 15) is 13.6 Å². The topological polar surface area (TPSA) is 41.6 Å². The maximum Gasteiger partial charge on any atom is 0.260 e. The lowest BCUT2D eigenvalue weighted by Gasteiger charge is -2.17. The van der Waals surface area contributed by atoms with Crippen LogP contribution in [0.5, 0.6) is 5.75 Å². The average molecular weight is 295 g/mol. The summed E-state index contributed by atoms with van der Waals surface area (Å²) >= 11 is 0. The number of halogens is 3. The summed E-state index contributed by atoms with van der Waals surface area (Å²) in [5, 5.41) is 2.91. The van der Waals surface area contributed by atoms with Crippen LogP contribution in [0.3, 0.4) is 0 Å². The summed E-state index contributed by atoms with van der Waals surface area (Å²) in [5.41, 5.74) is 0. The van der Waals surface area contributed by atoms with Gasteiger partial charge in [0.15, 0.2) is 18.2 Å². The van der Waals surface area contributed by atoms with Crippen molar-refractivity contribution in [3.8, 4) is 5.75 Å². The van der Waals surface area contributed by atoms with E-state index < -0.39 is 11.6 Å². The number of nitrogens with one attached hydrogen (secondary N) is 1. The van der Waals surface area contributed by atoms with Crippen LogP contribution in [-0.4, -0.2) is 44.6 Å². The van der Waals surface area contributed by atoms with E-state index in [1.165, 1.54) is 4.90 Å². The molecule has 0 heterocycles. The Morgan fingerprint density at radius 2 is 2.11 bits per heavy atom. The molecule has 1 rings (SSSR count). The van der Waals surface area contributed by atoms with Crippen molar-refractivity contribution in [2.45, 2.75) is 0 Å². The molecular formula is C12H17ClF2N2O2. The van der Waals surface area contributed by atoms with Crippen LogP contribution in [0.25, 0.3) is 0 Å². The molecule has 1 aromatic carbocycles. The van der Waals surface area contributed by atoms with Crippen LogP contribution in [0.1, 0.15) is 0 Å². The fourth-order valence-corrected chi connectivity index (χ4v) is 1.25. The van der Waals surface area contributed by atoms with Gasteiger partial charge in [-0.2, -0.15) is 0 Å². The zero-order valence-electron chi connectivity index (χ0n) is 10.8. The van der Waals surface area contributed by atoms with Crippen LogP contribution in [0, 0.1) is 11.6 Å². The fraction of sp³-hybridized carbons (Fsp3) is 0.417. The summed E-state index contributed by atoms with van der Waals surface area (Å²) in [7, 11) is 3.41. The quantitative estimate of drug-likeness (QED) is 0.863. The van der Waals surface area contributed by atoms with Gasteiger partial charge in [-0.05, 0) is 19.2 Å². The zero-order valence-corrected chi connectivity index (χ0v) is 11.6. The third-order valence-electron chi connectivity index (χ3n) is 2.37. The number of ether oxygens (including phenoxy) is 1. The van der Waals surface area contributed by atoms with Gasteiger partial charge in [0.25, 0.3) is 5.91 Å². The first kappa shape index (κ1) is 17.6. The number of carbonyl (C=O) groups is 1. The minimum atomic E-state index is -0.819. The van der Waals surface area contributed by atoms with Crippen molar-refractivity contribution < 1.29 is 18.3 Å². The van der Waals surface area contributed by atoms with E-state index in [4.69, 9.17) is 4.74 Å².